The second-order valence-electron chi connectivity index (χ2n) is 3.41. The first kappa shape index (κ1) is 7.06. The topological polar surface area (TPSA) is 9.23 Å². The lowest BCUT2D eigenvalue weighted by molar-refractivity contribution is 0.228. The average Bonchev–Trinajstić information content (AvgIpc) is 2.05. The molecule has 1 aliphatic heterocycles. The van der Waals surface area contributed by atoms with Crippen molar-refractivity contribution in [2.24, 2.45) is 5.92 Å². The molecule has 10 heavy (non-hydrogen) atoms. The van der Waals surface area contributed by atoms with Crippen molar-refractivity contribution < 1.29 is 4.52 Å². The molecule has 2 heteroatoms. The Labute approximate surface area is 64.4 Å². The molecule has 3 atom stereocenters. The lowest BCUT2D eigenvalue weighted by Crippen LogP contribution is -2.25. The highest BCUT2D eigenvalue weighted by molar-refractivity contribution is 7.33. The molecule has 2 aliphatic rings. The van der Waals surface area contributed by atoms with Crippen LogP contribution in [-0.4, -0.2) is 12.3 Å². The summed E-state index contributed by atoms with van der Waals surface area (Å²) in [5.41, 5.74) is 0.961. The van der Waals surface area contributed by atoms with E-state index in [9.17, 15) is 0 Å². The van der Waals surface area contributed by atoms with Gasteiger partial charge in [-0.1, -0.05) is 12.8 Å². The van der Waals surface area contributed by atoms with Crippen LogP contribution in [0, 0.1) is 5.92 Å². The molecule has 0 amide bonds. The van der Waals surface area contributed by atoms with Crippen molar-refractivity contribution in [3.63, 3.8) is 0 Å². The third kappa shape index (κ3) is 1.35. The van der Waals surface area contributed by atoms with E-state index < -0.39 is 0 Å². The second-order valence-corrected chi connectivity index (χ2v) is 4.67. The molecular weight excluding hydrogens is 143 g/mol. The van der Waals surface area contributed by atoms with Gasteiger partial charge in [-0.15, -0.1) is 0 Å². The predicted molar refractivity (Wildman–Crippen MR) is 44.6 cm³/mol. The Morgan fingerprint density at radius 2 is 2.00 bits per heavy atom. The van der Waals surface area contributed by atoms with Gasteiger partial charge in [-0.2, -0.15) is 0 Å². The van der Waals surface area contributed by atoms with Crippen molar-refractivity contribution in [3.8, 4) is 0 Å². The first-order valence-corrected chi connectivity index (χ1v) is 5.33. The van der Waals surface area contributed by atoms with E-state index in [-0.39, 0.29) is 0 Å². The molecule has 0 aromatic heterocycles. The third-order valence-electron chi connectivity index (χ3n) is 2.73. The molecule has 1 saturated carbocycles. The minimum Gasteiger partial charge on any atom is -0.362 e. The summed E-state index contributed by atoms with van der Waals surface area (Å²) in [5, 5.41) is 0. The van der Waals surface area contributed by atoms with Crippen molar-refractivity contribution in [3.05, 3.63) is 0 Å². The summed E-state index contributed by atoms with van der Waals surface area (Å²) < 4.78 is 5.47. The van der Waals surface area contributed by atoms with Crippen LogP contribution < -0.4 is 0 Å². The molecule has 0 radical (unpaired) electrons. The Kier molecular flexibility index (Phi) is 2.25. The molecule has 2 rings (SSSR count). The number of fused-ring (bicyclic) bond motifs is 1. The van der Waals surface area contributed by atoms with Gasteiger partial charge in [0.15, 0.2) is 0 Å². The van der Waals surface area contributed by atoms with E-state index in [0.717, 1.165) is 27.0 Å². The molecule has 1 aliphatic carbocycles. The zero-order valence-electron chi connectivity index (χ0n) is 6.31. The largest absolute Gasteiger partial charge is 0.362 e. The molecule has 1 saturated heterocycles. The van der Waals surface area contributed by atoms with E-state index >= 15 is 0 Å². The van der Waals surface area contributed by atoms with Crippen LogP contribution in [0.15, 0.2) is 0 Å². The third-order valence-corrected chi connectivity index (χ3v) is 4.17. The molecule has 0 bridgehead atoms. The summed E-state index contributed by atoms with van der Waals surface area (Å²) in [6, 6.07) is 0. The average molecular weight is 158 g/mol. The minimum atomic E-state index is 0.831. The van der Waals surface area contributed by atoms with E-state index in [1.807, 2.05) is 0 Å². The molecule has 0 spiro atoms. The van der Waals surface area contributed by atoms with E-state index in [2.05, 4.69) is 0 Å². The maximum absolute atomic E-state index is 5.47. The lowest BCUT2D eigenvalue weighted by Gasteiger charge is -2.34. The van der Waals surface area contributed by atoms with Crippen LogP contribution >= 0.6 is 8.81 Å². The second kappa shape index (κ2) is 3.19. The highest BCUT2D eigenvalue weighted by Crippen LogP contribution is 2.42. The Morgan fingerprint density at radius 1 is 1.10 bits per heavy atom. The van der Waals surface area contributed by atoms with Crippen LogP contribution in [-0.2, 0) is 4.52 Å². The first-order chi connectivity index (χ1) is 4.97. The van der Waals surface area contributed by atoms with Crippen molar-refractivity contribution in [1.82, 2.24) is 0 Å². The van der Waals surface area contributed by atoms with Gasteiger partial charge in [-0.05, 0) is 25.2 Å². The predicted octanol–water partition coefficient (Wildman–Crippen LogP) is 2.56. The Bertz CT molecular complexity index is 89.8. The molecule has 0 N–H and O–H groups in total. The van der Waals surface area contributed by atoms with Crippen LogP contribution in [0.4, 0.5) is 0 Å². The van der Waals surface area contributed by atoms with Crippen LogP contribution in [0.25, 0.3) is 0 Å². The van der Waals surface area contributed by atoms with Gasteiger partial charge in [0.2, 0.25) is 0 Å². The summed E-state index contributed by atoms with van der Waals surface area (Å²) in [7, 11) is 0.831. The zero-order chi connectivity index (χ0) is 6.81. The maximum atomic E-state index is 5.47. The van der Waals surface area contributed by atoms with Gasteiger partial charge in [0.05, 0.1) is 6.61 Å². The lowest BCUT2D eigenvalue weighted by atomic mass is 9.86. The van der Waals surface area contributed by atoms with Crippen molar-refractivity contribution in [2.45, 2.75) is 37.8 Å². The zero-order valence-corrected chi connectivity index (χ0v) is 7.31. The first-order valence-electron chi connectivity index (χ1n) is 4.34. The molecule has 3 unspecified atom stereocenters. The van der Waals surface area contributed by atoms with Gasteiger partial charge in [0.1, 0.15) is 0 Å². The minimum absolute atomic E-state index is 0.831. The summed E-state index contributed by atoms with van der Waals surface area (Å²) in [4.78, 5) is 0. The van der Waals surface area contributed by atoms with E-state index in [1.54, 1.807) is 0 Å². The highest BCUT2D eigenvalue weighted by atomic mass is 31.1. The summed E-state index contributed by atoms with van der Waals surface area (Å²) in [6.07, 6.45) is 7.21. The van der Waals surface area contributed by atoms with Gasteiger partial charge < -0.3 is 4.52 Å². The normalized spacial score (nSPS) is 43.2. The fourth-order valence-corrected chi connectivity index (χ4v) is 3.38. The Hall–Kier alpha value is 0.390. The monoisotopic (exact) mass is 158 g/mol. The molecular formula is C8H15OP. The number of rotatable bonds is 0. The van der Waals surface area contributed by atoms with Crippen molar-refractivity contribution in [2.75, 3.05) is 6.61 Å². The van der Waals surface area contributed by atoms with Gasteiger partial charge in [-0.3, -0.25) is 0 Å². The highest BCUT2D eigenvalue weighted by Gasteiger charge is 2.27. The van der Waals surface area contributed by atoms with Gasteiger partial charge in [-0.25, -0.2) is 0 Å². The SMILES string of the molecule is C1CCC2POCCC2C1. The number of hydrogen-bond acceptors (Lipinski definition) is 1. The van der Waals surface area contributed by atoms with E-state index in [1.165, 1.54) is 32.1 Å². The van der Waals surface area contributed by atoms with Crippen LogP contribution in [0.5, 0.6) is 0 Å². The van der Waals surface area contributed by atoms with Crippen molar-refractivity contribution >= 4 is 8.81 Å². The van der Waals surface area contributed by atoms with Gasteiger partial charge in [0.25, 0.3) is 0 Å². The molecule has 1 heterocycles. The van der Waals surface area contributed by atoms with E-state index in [0.29, 0.717) is 0 Å². The summed E-state index contributed by atoms with van der Waals surface area (Å²) >= 11 is 0. The maximum Gasteiger partial charge on any atom is 0.0508 e. The fourth-order valence-electron chi connectivity index (χ4n) is 2.08. The molecule has 0 aromatic rings. The fraction of sp³-hybridized carbons (Fsp3) is 1.00. The van der Waals surface area contributed by atoms with Crippen LogP contribution in [0.1, 0.15) is 32.1 Å². The quantitative estimate of drug-likeness (QED) is 0.492. The smallest absolute Gasteiger partial charge is 0.0508 e. The Morgan fingerprint density at radius 3 is 2.90 bits per heavy atom. The van der Waals surface area contributed by atoms with Crippen LogP contribution in [0.2, 0.25) is 0 Å². The van der Waals surface area contributed by atoms with Gasteiger partial charge in [0, 0.05) is 14.5 Å². The summed E-state index contributed by atoms with van der Waals surface area (Å²) in [5.74, 6) is 1.04. The molecule has 1 nitrogen and oxygen atoms in total. The van der Waals surface area contributed by atoms with E-state index in [4.69, 9.17) is 4.52 Å². The van der Waals surface area contributed by atoms with Crippen molar-refractivity contribution in [1.29, 1.82) is 0 Å². The summed E-state index contributed by atoms with van der Waals surface area (Å²) in [6.45, 7) is 1.04. The molecule has 58 valence electrons. The molecule has 0 aromatic carbocycles. The molecule has 2 fully saturated rings. The van der Waals surface area contributed by atoms with Gasteiger partial charge >= 0.3 is 0 Å². The standard InChI is InChI=1S/C8H15OP/c1-2-4-8-7(3-1)5-6-9-10-8/h7-8,10H,1-6H2. The number of hydrogen-bond donors (Lipinski definition) is 0. The Balaban J connectivity index is 1.93. The van der Waals surface area contributed by atoms with Crippen LogP contribution in [0.3, 0.4) is 0 Å².